The maximum atomic E-state index is 12.5. The second-order valence-electron chi connectivity index (χ2n) is 6.20. The zero-order chi connectivity index (χ0) is 17.6. The zero-order valence-electron chi connectivity index (χ0n) is 14.6. The molecule has 1 aliphatic rings. The second kappa shape index (κ2) is 8.03. The lowest BCUT2D eigenvalue weighted by Gasteiger charge is -2.31. The van der Waals surface area contributed by atoms with Crippen LogP contribution in [0.15, 0.2) is 48.5 Å². The van der Waals surface area contributed by atoms with E-state index in [-0.39, 0.29) is 11.8 Å². The van der Waals surface area contributed by atoms with Crippen LogP contribution in [0.3, 0.4) is 0 Å². The van der Waals surface area contributed by atoms with Crippen molar-refractivity contribution in [2.75, 3.05) is 25.0 Å². The third-order valence-electron chi connectivity index (χ3n) is 4.44. The average Bonchev–Trinajstić information content (AvgIpc) is 2.57. The van der Waals surface area contributed by atoms with Crippen molar-refractivity contribution in [3.8, 4) is 17.2 Å². The minimum atomic E-state index is -0.0280. The molecule has 0 spiro atoms. The maximum Gasteiger partial charge on any atom is 0.227 e. The first-order valence-corrected chi connectivity index (χ1v) is 8.68. The van der Waals surface area contributed by atoms with Crippen LogP contribution < -0.4 is 20.1 Å². The van der Waals surface area contributed by atoms with Crippen LogP contribution >= 0.6 is 0 Å². The second-order valence-corrected chi connectivity index (χ2v) is 6.20. The van der Waals surface area contributed by atoms with Gasteiger partial charge in [-0.25, -0.2) is 0 Å². The number of hydrogen-bond acceptors (Lipinski definition) is 4. The van der Waals surface area contributed by atoms with Gasteiger partial charge in [-0.3, -0.25) is 4.79 Å². The first kappa shape index (κ1) is 17.3. The van der Waals surface area contributed by atoms with E-state index in [1.165, 1.54) is 0 Å². The molecule has 1 unspecified atom stereocenters. The summed E-state index contributed by atoms with van der Waals surface area (Å²) < 4.78 is 11.4. The van der Waals surface area contributed by atoms with Crippen LogP contribution in [-0.4, -0.2) is 25.6 Å². The largest absolute Gasteiger partial charge is 0.494 e. The average molecular weight is 340 g/mol. The molecule has 1 amide bonds. The summed E-state index contributed by atoms with van der Waals surface area (Å²) in [6, 6.07) is 14.9. The van der Waals surface area contributed by atoms with Gasteiger partial charge in [0, 0.05) is 5.92 Å². The Morgan fingerprint density at radius 2 is 1.84 bits per heavy atom. The van der Waals surface area contributed by atoms with Gasteiger partial charge < -0.3 is 20.1 Å². The lowest BCUT2D eigenvalue weighted by Crippen LogP contribution is -2.48. The van der Waals surface area contributed by atoms with Crippen molar-refractivity contribution < 1.29 is 14.3 Å². The first-order chi connectivity index (χ1) is 12.2. The molecule has 0 radical (unpaired) electrons. The summed E-state index contributed by atoms with van der Waals surface area (Å²) in [7, 11) is 0. The Kier molecular flexibility index (Phi) is 5.56. The summed E-state index contributed by atoms with van der Waals surface area (Å²) in [5.74, 6) is 2.52. The predicted molar refractivity (Wildman–Crippen MR) is 98.3 cm³/mol. The molecular formula is C20H24N2O3. The number of para-hydroxylation sites is 2. The maximum absolute atomic E-state index is 12.5. The monoisotopic (exact) mass is 340 g/mol. The number of nitrogens with one attached hydrogen (secondary N) is 2. The van der Waals surface area contributed by atoms with E-state index in [0.29, 0.717) is 29.7 Å². The van der Waals surface area contributed by atoms with Gasteiger partial charge in [0.25, 0.3) is 0 Å². The van der Waals surface area contributed by atoms with Crippen molar-refractivity contribution in [1.82, 2.24) is 5.32 Å². The van der Waals surface area contributed by atoms with Gasteiger partial charge >= 0.3 is 0 Å². The molecule has 2 aromatic carbocycles. The smallest absolute Gasteiger partial charge is 0.227 e. The van der Waals surface area contributed by atoms with Gasteiger partial charge in [0.15, 0.2) is 5.75 Å². The molecule has 0 aliphatic carbocycles. The minimum Gasteiger partial charge on any atom is -0.494 e. The fourth-order valence-corrected chi connectivity index (χ4v) is 2.68. The van der Waals surface area contributed by atoms with Gasteiger partial charge in [-0.15, -0.1) is 0 Å². The molecule has 132 valence electrons. The number of carbonyl (C=O) groups is 1. The van der Waals surface area contributed by atoms with Gasteiger partial charge in [-0.2, -0.15) is 0 Å². The Morgan fingerprint density at radius 3 is 2.48 bits per heavy atom. The Bertz CT molecular complexity index is 711. The van der Waals surface area contributed by atoms with E-state index in [1.807, 2.05) is 62.4 Å². The Morgan fingerprint density at radius 1 is 1.16 bits per heavy atom. The van der Waals surface area contributed by atoms with Gasteiger partial charge in [-0.1, -0.05) is 19.1 Å². The molecule has 1 aliphatic heterocycles. The fourth-order valence-electron chi connectivity index (χ4n) is 2.68. The summed E-state index contributed by atoms with van der Waals surface area (Å²) in [4.78, 5) is 12.5. The van der Waals surface area contributed by atoms with Crippen LogP contribution in [0.5, 0.6) is 17.2 Å². The summed E-state index contributed by atoms with van der Waals surface area (Å²) >= 11 is 0. The number of ether oxygens (including phenoxy) is 2. The number of anilines is 1. The third-order valence-corrected chi connectivity index (χ3v) is 4.44. The number of hydrogen-bond donors (Lipinski definition) is 2. The Hall–Kier alpha value is -2.53. The van der Waals surface area contributed by atoms with E-state index in [1.54, 1.807) is 0 Å². The lowest BCUT2D eigenvalue weighted by molar-refractivity contribution is -0.121. The Labute approximate surface area is 148 Å². The summed E-state index contributed by atoms with van der Waals surface area (Å²) in [6.07, 6.45) is 0. The summed E-state index contributed by atoms with van der Waals surface area (Å²) in [5.41, 5.74) is 0.681. The number of carbonyl (C=O) groups excluding carboxylic acids is 1. The molecule has 1 fully saturated rings. The topological polar surface area (TPSA) is 59.6 Å². The van der Waals surface area contributed by atoms with E-state index in [4.69, 9.17) is 9.47 Å². The summed E-state index contributed by atoms with van der Waals surface area (Å²) in [6.45, 7) is 6.35. The molecule has 3 rings (SSSR count). The third kappa shape index (κ3) is 4.31. The van der Waals surface area contributed by atoms with Crippen molar-refractivity contribution in [2.24, 2.45) is 11.8 Å². The highest BCUT2D eigenvalue weighted by molar-refractivity contribution is 5.94. The normalized spacial score (nSPS) is 15.1. The standard InChI is InChI=1S/C20H24N2O3/c1-3-24-16-8-10-17(11-9-16)25-19-7-5-4-6-18(19)22-20(23)14(2)15-12-21-13-15/h4-11,14-15,21H,3,12-13H2,1-2H3,(H,22,23). The Balaban J connectivity index is 1.68. The molecular weight excluding hydrogens is 316 g/mol. The first-order valence-electron chi connectivity index (χ1n) is 8.68. The van der Waals surface area contributed by atoms with Crippen LogP contribution in [0.25, 0.3) is 0 Å². The zero-order valence-corrected chi connectivity index (χ0v) is 14.6. The van der Waals surface area contributed by atoms with Crippen LogP contribution in [0, 0.1) is 11.8 Å². The molecule has 0 bridgehead atoms. The van der Waals surface area contributed by atoms with E-state index in [9.17, 15) is 4.79 Å². The van der Waals surface area contributed by atoms with E-state index >= 15 is 0 Å². The number of benzene rings is 2. The predicted octanol–water partition coefficient (Wildman–Crippen LogP) is 3.67. The van der Waals surface area contributed by atoms with Gasteiger partial charge in [-0.05, 0) is 62.3 Å². The molecule has 1 atom stereocenters. The SMILES string of the molecule is CCOc1ccc(Oc2ccccc2NC(=O)C(C)C2CNC2)cc1. The highest BCUT2D eigenvalue weighted by Gasteiger charge is 2.29. The van der Waals surface area contributed by atoms with E-state index in [0.717, 1.165) is 18.8 Å². The van der Waals surface area contributed by atoms with Crippen molar-refractivity contribution >= 4 is 11.6 Å². The van der Waals surface area contributed by atoms with Crippen LogP contribution in [0.2, 0.25) is 0 Å². The van der Waals surface area contributed by atoms with Gasteiger partial charge in [0.1, 0.15) is 11.5 Å². The van der Waals surface area contributed by atoms with E-state index in [2.05, 4.69) is 10.6 Å². The molecule has 5 heteroatoms. The lowest BCUT2D eigenvalue weighted by atomic mass is 9.88. The highest BCUT2D eigenvalue weighted by Crippen LogP contribution is 2.31. The fraction of sp³-hybridized carbons (Fsp3) is 0.350. The van der Waals surface area contributed by atoms with Gasteiger partial charge in [0.2, 0.25) is 5.91 Å². The van der Waals surface area contributed by atoms with Crippen LogP contribution in [0.1, 0.15) is 13.8 Å². The molecule has 0 aromatic heterocycles. The van der Waals surface area contributed by atoms with Crippen molar-refractivity contribution in [3.05, 3.63) is 48.5 Å². The van der Waals surface area contributed by atoms with Crippen molar-refractivity contribution in [2.45, 2.75) is 13.8 Å². The molecule has 1 heterocycles. The molecule has 1 saturated heterocycles. The summed E-state index contributed by atoms with van der Waals surface area (Å²) in [5, 5.41) is 6.20. The van der Waals surface area contributed by atoms with E-state index < -0.39 is 0 Å². The minimum absolute atomic E-state index is 0.0224. The van der Waals surface area contributed by atoms with Gasteiger partial charge in [0.05, 0.1) is 12.3 Å². The molecule has 2 N–H and O–H groups in total. The molecule has 25 heavy (non-hydrogen) atoms. The highest BCUT2D eigenvalue weighted by atomic mass is 16.5. The van der Waals surface area contributed by atoms with Crippen LogP contribution in [-0.2, 0) is 4.79 Å². The number of rotatable bonds is 7. The van der Waals surface area contributed by atoms with Crippen LogP contribution in [0.4, 0.5) is 5.69 Å². The van der Waals surface area contributed by atoms with Crippen molar-refractivity contribution in [3.63, 3.8) is 0 Å². The molecule has 0 saturated carbocycles. The molecule has 2 aromatic rings. The molecule has 5 nitrogen and oxygen atoms in total. The van der Waals surface area contributed by atoms with Crippen molar-refractivity contribution in [1.29, 1.82) is 0 Å². The quantitative estimate of drug-likeness (QED) is 0.807. The number of amides is 1.